The van der Waals surface area contributed by atoms with Crippen LogP contribution in [0.3, 0.4) is 0 Å². The SMILES string of the molecule is Cn1ncc2c(NCc3ccc(Br)cc3)nc(NCC3(N)CC3)nc21. The summed E-state index contributed by atoms with van der Waals surface area (Å²) in [7, 11) is 1.88. The van der Waals surface area contributed by atoms with E-state index in [0.717, 1.165) is 34.2 Å². The molecule has 0 saturated heterocycles. The quantitative estimate of drug-likeness (QED) is 0.587. The number of nitrogens with zero attached hydrogens (tertiary/aromatic N) is 4. The van der Waals surface area contributed by atoms with Crippen LogP contribution in [0.15, 0.2) is 34.9 Å². The van der Waals surface area contributed by atoms with Crippen molar-refractivity contribution in [3.8, 4) is 0 Å². The van der Waals surface area contributed by atoms with Gasteiger partial charge in [0.15, 0.2) is 5.65 Å². The van der Waals surface area contributed by atoms with Crippen LogP contribution in [0.2, 0.25) is 0 Å². The van der Waals surface area contributed by atoms with Crippen molar-refractivity contribution < 1.29 is 0 Å². The number of rotatable bonds is 6. The number of halogens is 1. The van der Waals surface area contributed by atoms with E-state index in [4.69, 9.17) is 5.73 Å². The second-order valence-corrected chi connectivity index (χ2v) is 7.51. The first-order valence-electron chi connectivity index (χ1n) is 8.23. The van der Waals surface area contributed by atoms with Gasteiger partial charge in [-0.15, -0.1) is 0 Å². The number of aryl methyl sites for hydroxylation is 1. The third kappa shape index (κ3) is 3.59. The first kappa shape index (κ1) is 16.3. The van der Waals surface area contributed by atoms with E-state index < -0.39 is 0 Å². The fourth-order valence-electron chi connectivity index (χ4n) is 2.62. The lowest BCUT2D eigenvalue weighted by atomic mass is 10.2. The molecule has 0 amide bonds. The first-order chi connectivity index (χ1) is 12.0. The van der Waals surface area contributed by atoms with Gasteiger partial charge >= 0.3 is 0 Å². The molecule has 25 heavy (non-hydrogen) atoms. The highest BCUT2D eigenvalue weighted by atomic mass is 79.9. The molecule has 0 bridgehead atoms. The lowest BCUT2D eigenvalue weighted by Crippen LogP contribution is -2.31. The van der Waals surface area contributed by atoms with E-state index in [-0.39, 0.29) is 5.54 Å². The summed E-state index contributed by atoms with van der Waals surface area (Å²) in [5.41, 5.74) is 8.01. The van der Waals surface area contributed by atoms with Crippen molar-refractivity contribution >= 4 is 38.7 Å². The van der Waals surface area contributed by atoms with Crippen LogP contribution in [0.1, 0.15) is 18.4 Å². The second-order valence-electron chi connectivity index (χ2n) is 6.60. The average Bonchev–Trinajstić information content (AvgIpc) is 3.24. The Morgan fingerprint density at radius 3 is 2.68 bits per heavy atom. The predicted molar refractivity (Wildman–Crippen MR) is 102 cm³/mol. The van der Waals surface area contributed by atoms with Gasteiger partial charge in [-0.05, 0) is 30.5 Å². The van der Waals surface area contributed by atoms with E-state index in [1.165, 1.54) is 5.56 Å². The molecule has 0 aliphatic heterocycles. The topological polar surface area (TPSA) is 93.7 Å². The summed E-state index contributed by atoms with van der Waals surface area (Å²) in [4.78, 5) is 9.20. The molecule has 2 heterocycles. The Morgan fingerprint density at radius 1 is 1.20 bits per heavy atom. The zero-order chi connectivity index (χ0) is 17.4. The van der Waals surface area contributed by atoms with E-state index in [0.29, 0.717) is 19.0 Å². The van der Waals surface area contributed by atoms with Crippen LogP contribution in [0, 0.1) is 0 Å². The molecule has 1 fully saturated rings. The summed E-state index contributed by atoms with van der Waals surface area (Å²) in [5, 5.41) is 11.9. The number of hydrogen-bond donors (Lipinski definition) is 3. The van der Waals surface area contributed by atoms with Crippen molar-refractivity contribution in [1.29, 1.82) is 0 Å². The summed E-state index contributed by atoms with van der Waals surface area (Å²) >= 11 is 3.45. The number of nitrogens with one attached hydrogen (secondary N) is 2. The lowest BCUT2D eigenvalue weighted by molar-refractivity contribution is 0.708. The molecular formula is C17H20BrN7. The van der Waals surface area contributed by atoms with Crippen molar-refractivity contribution in [2.24, 2.45) is 12.8 Å². The number of aromatic nitrogens is 4. The molecule has 1 aromatic carbocycles. The maximum Gasteiger partial charge on any atom is 0.226 e. The smallest absolute Gasteiger partial charge is 0.226 e. The van der Waals surface area contributed by atoms with Crippen LogP contribution in [-0.2, 0) is 13.6 Å². The molecular weight excluding hydrogens is 382 g/mol. The standard InChI is InChI=1S/C17H20BrN7/c1-25-15-13(9-22-25)14(20-8-11-2-4-12(18)5-3-11)23-16(24-15)21-10-17(19)6-7-17/h2-5,9H,6-8,10,19H2,1H3,(H2,20,21,23,24). The number of benzene rings is 1. The Hall–Kier alpha value is -2.19. The van der Waals surface area contributed by atoms with Crippen LogP contribution in [0.5, 0.6) is 0 Å². The number of anilines is 2. The van der Waals surface area contributed by atoms with E-state index in [1.54, 1.807) is 10.9 Å². The van der Waals surface area contributed by atoms with Gasteiger partial charge < -0.3 is 16.4 Å². The van der Waals surface area contributed by atoms with Gasteiger partial charge in [-0.3, -0.25) is 4.68 Å². The molecule has 0 radical (unpaired) electrons. The lowest BCUT2D eigenvalue weighted by Gasteiger charge is -2.13. The van der Waals surface area contributed by atoms with Gasteiger partial charge in [0.05, 0.1) is 11.6 Å². The van der Waals surface area contributed by atoms with Crippen molar-refractivity contribution in [3.05, 3.63) is 40.5 Å². The van der Waals surface area contributed by atoms with Gasteiger partial charge in [0.25, 0.3) is 0 Å². The van der Waals surface area contributed by atoms with Gasteiger partial charge in [0, 0.05) is 30.1 Å². The highest BCUT2D eigenvalue weighted by molar-refractivity contribution is 9.10. The van der Waals surface area contributed by atoms with E-state index in [1.807, 2.05) is 19.2 Å². The third-order valence-electron chi connectivity index (χ3n) is 4.46. The van der Waals surface area contributed by atoms with Gasteiger partial charge in [0.1, 0.15) is 5.82 Å². The molecule has 7 nitrogen and oxygen atoms in total. The summed E-state index contributed by atoms with van der Waals surface area (Å²) in [6.45, 7) is 1.36. The fraction of sp³-hybridized carbons (Fsp3) is 0.353. The van der Waals surface area contributed by atoms with Crippen molar-refractivity contribution in [1.82, 2.24) is 19.7 Å². The Labute approximate surface area is 154 Å². The summed E-state index contributed by atoms with van der Waals surface area (Å²) in [5.74, 6) is 1.34. The highest BCUT2D eigenvalue weighted by Crippen LogP contribution is 2.32. The van der Waals surface area contributed by atoms with Gasteiger partial charge in [-0.25, -0.2) is 0 Å². The predicted octanol–water partition coefficient (Wildman–Crippen LogP) is 2.64. The maximum atomic E-state index is 6.15. The molecule has 2 aromatic heterocycles. The minimum absolute atomic E-state index is 0.101. The van der Waals surface area contributed by atoms with Gasteiger partial charge in [-0.2, -0.15) is 15.1 Å². The maximum absolute atomic E-state index is 6.15. The number of nitrogens with two attached hydrogens (primary N) is 1. The average molecular weight is 402 g/mol. The van der Waals surface area contributed by atoms with Crippen LogP contribution >= 0.6 is 15.9 Å². The Morgan fingerprint density at radius 2 is 1.96 bits per heavy atom. The molecule has 0 unspecified atom stereocenters. The molecule has 130 valence electrons. The van der Waals surface area contributed by atoms with Crippen LogP contribution in [-0.4, -0.2) is 31.8 Å². The molecule has 8 heteroatoms. The van der Waals surface area contributed by atoms with Crippen molar-refractivity contribution in [3.63, 3.8) is 0 Å². The molecule has 1 aliphatic rings. The first-order valence-corrected chi connectivity index (χ1v) is 9.03. The Balaban J connectivity index is 1.58. The summed E-state index contributed by atoms with van der Waals surface area (Å²) in [6, 6.07) is 8.20. The third-order valence-corrected chi connectivity index (χ3v) is 4.98. The van der Waals surface area contributed by atoms with Crippen LogP contribution in [0.25, 0.3) is 11.0 Å². The Kier molecular flexibility index (Phi) is 4.09. The van der Waals surface area contributed by atoms with Crippen molar-refractivity contribution in [2.75, 3.05) is 17.2 Å². The molecule has 4 rings (SSSR count). The van der Waals surface area contributed by atoms with Crippen molar-refractivity contribution in [2.45, 2.75) is 24.9 Å². The van der Waals surface area contributed by atoms with E-state index in [9.17, 15) is 0 Å². The molecule has 1 saturated carbocycles. The van der Waals surface area contributed by atoms with E-state index in [2.05, 4.69) is 53.8 Å². The summed E-state index contributed by atoms with van der Waals surface area (Å²) in [6.07, 6.45) is 3.87. The minimum Gasteiger partial charge on any atom is -0.365 e. The number of hydrogen-bond acceptors (Lipinski definition) is 6. The van der Waals surface area contributed by atoms with Crippen LogP contribution in [0.4, 0.5) is 11.8 Å². The normalized spacial score (nSPS) is 15.3. The minimum atomic E-state index is -0.101. The van der Waals surface area contributed by atoms with Gasteiger partial charge in [0.2, 0.25) is 5.95 Å². The zero-order valence-electron chi connectivity index (χ0n) is 14.0. The highest BCUT2D eigenvalue weighted by Gasteiger charge is 2.38. The molecule has 0 atom stereocenters. The monoisotopic (exact) mass is 401 g/mol. The molecule has 4 N–H and O–H groups in total. The van der Waals surface area contributed by atoms with Crippen LogP contribution < -0.4 is 16.4 Å². The Bertz CT molecular complexity index is 899. The second kappa shape index (κ2) is 6.27. The number of fused-ring (bicyclic) bond motifs is 1. The largest absolute Gasteiger partial charge is 0.365 e. The van der Waals surface area contributed by atoms with Gasteiger partial charge in [-0.1, -0.05) is 28.1 Å². The molecule has 3 aromatic rings. The van der Waals surface area contributed by atoms with E-state index >= 15 is 0 Å². The molecule has 1 aliphatic carbocycles. The fourth-order valence-corrected chi connectivity index (χ4v) is 2.88. The zero-order valence-corrected chi connectivity index (χ0v) is 15.5. The summed E-state index contributed by atoms with van der Waals surface area (Å²) < 4.78 is 2.82. The molecule has 0 spiro atoms.